The van der Waals surface area contributed by atoms with Crippen LogP contribution in [0.25, 0.3) is 11.0 Å². The van der Waals surface area contributed by atoms with Crippen molar-refractivity contribution in [3.8, 4) is 5.75 Å². The maximum Gasteiger partial charge on any atom is 0.315 e. The molecule has 1 saturated heterocycles. The molecule has 2 amide bonds. The molecule has 4 N–H and O–H groups in total. The number of H-pyrrole nitrogens is 1. The lowest BCUT2D eigenvalue weighted by atomic mass is 9.98. The maximum absolute atomic E-state index is 12.7. The fourth-order valence-electron chi connectivity index (χ4n) is 3.88. The Morgan fingerprint density at radius 2 is 1.93 bits per heavy atom. The largest absolute Gasteiger partial charge is 0.497 e. The number of nitrogens with zero attached hydrogens (tertiary/aromatic N) is 1. The van der Waals surface area contributed by atoms with Gasteiger partial charge in [-0.25, -0.2) is 9.78 Å². The summed E-state index contributed by atoms with van der Waals surface area (Å²) >= 11 is 0. The van der Waals surface area contributed by atoms with E-state index < -0.39 is 0 Å². The molecule has 0 bridgehead atoms. The van der Waals surface area contributed by atoms with E-state index in [2.05, 4.69) is 20.9 Å². The third-order valence-corrected chi connectivity index (χ3v) is 5.65. The number of aromatic amines is 1. The van der Waals surface area contributed by atoms with Crippen LogP contribution in [0, 0.1) is 5.92 Å². The van der Waals surface area contributed by atoms with E-state index in [-0.39, 0.29) is 12.1 Å². The number of methoxy groups -OCH3 is 1. The highest BCUT2D eigenvalue weighted by Crippen LogP contribution is 2.21. The van der Waals surface area contributed by atoms with E-state index in [9.17, 15) is 4.79 Å². The van der Waals surface area contributed by atoms with Gasteiger partial charge in [0.05, 0.1) is 24.2 Å². The molecule has 1 aliphatic heterocycles. The molecule has 30 heavy (non-hydrogen) atoms. The van der Waals surface area contributed by atoms with Crippen molar-refractivity contribution in [3.63, 3.8) is 0 Å². The molecule has 3 aromatic rings. The summed E-state index contributed by atoms with van der Waals surface area (Å²) < 4.78 is 5.25. The number of amides is 2. The van der Waals surface area contributed by atoms with Crippen molar-refractivity contribution in [2.24, 2.45) is 5.92 Å². The highest BCUT2D eigenvalue weighted by Gasteiger charge is 2.20. The molecular formula is C23H29N5O2. The minimum atomic E-state index is -0.265. The lowest BCUT2D eigenvalue weighted by molar-refractivity contribution is 0.232. The van der Waals surface area contributed by atoms with Gasteiger partial charge in [-0.05, 0) is 68.1 Å². The summed E-state index contributed by atoms with van der Waals surface area (Å²) in [6.07, 6.45) is 2.82. The summed E-state index contributed by atoms with van der Waals surface area (Å²) in [5.41, 5.74) is 2.95. The van der Waals surface area contributed by atoms with E-state index in [0.29, 0.717) is 18.9 Å². The zero-order valence-corrected chi connectivity index (χ0v) is 17.3. The maximum atomic E-state index is 12.7. The predicted octanol–water partition coefficient (Wildman–Crippen LogP) is 3.15. The van der Waals surface area contributed by atoms with Gasteiger partial charge in [0.15, 0.2) is 0 Å². The average molecular weight is 408 g/mol. The van der Waals surface area contributed by atoms with Crippen LogP contribution in [0.15, 0.2) is 48.5 Å². The Morgan fingerprint density at radius 1 is 1.17 bits per heavy atom. The minimum absolute atomic E-state index is 0.160. The Hall–Kier alpha value is -3.06. The SMILES string of the molecule is COc1ccc(CC(NC(=O)NCC2CCNCC2)c2nc3ccccc3[nH]2)cc1. The monoisotopic (exact) mass is 407 g/mol. The van der Waals surface area contributed by atoms with E-state index in [1.807, 2.05) is 48.5 Å². The standard InChI is InChI=1S/C23H29N5O2/c1-30-18-8-6-16(7-9-18)14-21(22-26-19-4-2-3-5-20(19)27-22)28-23(29)25-15-17-10-12-24-13-11-17/h2-9,17,21,24H,10-15H2,1H3,(H,26,27)(H2,25,28,29). The zero-order valence-electron chi connectivity index (χ0n) is 17.3. The fraction of sp³-hybridized carbons (Fsp3) is 0.391. The molecule has 0 spiro atoms. The molecule has 2 aromatic carbocycles. The first-order valence-corrected chi connectivity index (χ1v) is 10.5. The van der Waals surface area contributed by atoms with E-state index >= 15 is 0 Å². The number of fused-ring (bicyclic) bond motifs is 1. The summed E-state index contributed by atoms with van der Waals surface area (Å²) in [6.45, 7) is 2.74. The molecule has 0 radical (unpaired) electrons. The van der Waals surface area contributed by atoms with Crippen molar-refractivity contribution in [1.82, 2.24) is 25.9 Å². The Morgan fingerprint density at radius 3 is 2.67 bits per heavy atom. The van der Waals surface area contributed by atoms with E-state index in [1.165, 1.54) is 0 Å². The summed E-state index contributed by atoms with van der Waals surface area (Å²) in [4.78, 5) is 20.8. The van der Waals surface area contributed by atoms with Gasteiger partial charge in [0.2, 0.25) is 0 Å². The first-order chi connectivity index (χ1) is 14.7. The van der Waals surface area contributed by atoms with Gasteiger partial charge in [0, 0.05) is 6.54 Å². The molecule has 7 heteroatoms. The second-order valence-corrected chi connectivity index (χ2v) is 7.79. The van der Waals surface area contributed by atoms with Gasteiger partial charge in [-0.2, -0.15) is 0 Å². The second-order valence-electron chi connectivity index (χ2n) is 7.79. The van der Waals surface area contributed by atoms with E-state index in [0.717, 1.165) is 54.1 Å². The Labute approximate surface area is 176 Å². The summed E-state index contributed by atoms with van der Waals surface area (Å²) in [6, 6.07) is 15.4. The van der Waals surface area contributed by atoms with Crippen molar-refractivity contribution in [3.05, 3.63) is 59.9 Å². The molecule has 0 aliphatic carbocycles. The molecule has 7 nitrogen and oxygen atoms in total. The number of nitrogens with one attached hydrogen (secondary N) is 4. The van der Waals surface area contributed by atoms with Crippen LogP contribution in [0.5, 0.6) is 5.75 Å². The van der Waals surface area contributed by atoms with Crippen molar-refractivity contribution in [2.45, 2.75) is 25.3 Å². The third kappa shape index (κ3) is 5.10. The zero-order chi connectivity index (χ0) is 20.8. The van der Waals surface area contributed by atoms with Crippen molar-refractivity contribution >= 4 is 17.1 Å². The van der Waals surface area contributed by atoms with Crippen LogP contribution in [0.4, 0.5) is 4.79 Å². The molecule has 1 unspecified atom stereocenters. The number of ether oxygens (including phenoxy) is 1. The number of carbonyl (C=O) groups excluding carboxylic acids is 1. The Balaban J connectivity index is 1.47. The molecule has 158 valence electrons. The minimum Gasteiger partial charge on any atom is -0.497 e. The topological polar surface area (TPSA) is 91.1 Å². The van der Waals surface area contributed by atoms with Crippen molar-refractivity contribution in [2.75, 3.05) is 26.7 Å². The summed E-state index contributed by atoms with van der Waals surface area (Å²) in [7, 11) is 1.65. The first kappa shape index (κ1) is 20.2. The van der Waals surface area contributed by atoms with Crippen LogP contribution in [-0.2, 0) is 6.42 Å². The Kier molecular flexibility index (Phi) is 6.49. The van der Waals surface area contributed by atoms with Gasteiger partial charge in [0.1, 0.15) is 11.6 Å². The number of aromatic nitrogens is 2. The first-order valence-electron chi connectivity index (χ1n) is 10.5. The second kappa shape index (κ2) is 9.63. The quantitative estimate of drug-likeness (QED) is 0.484. The lowest BCUT2D eigenvalue weighted by Gasteiger charge is -2.23. The van der Waals surface area contributed by atoms with Crippen molar-refractivity contribution in [1.29, 1.82) is 0 Å². The number of urea groups is 1. The number of imidazole rings is 1. The lowest BCUT2D eigenvalue weighted by Crippen LogP contribution is -2.42. The number of piperidine rings is 1. The molecular weight excluding hydrogens is 378 g/mol. The smallest absolute Gasteiger partial charge is 0.315 e. The molecule has 1 fully saturated rings. The van der Waals surface area contributed by atoms with Gasteiger partial charge < -0.3 is 25.7 Å². The molecule has 1 aliphatic rings. The van der Waals surface area contributed by atoms with E-state index in [1.54, 1.807) is 7.11 Å². The van der Waals surface area contributed by atoms with Crippen LogP contribution in [0.2, 0.25) is 0 Å². The fourth-order valence-corrected chi connectivity index (χ4v) is 3.88. The van der Waals surface area contributed by atoms with Crippen LogP contribution < -0.4 is 20.7 Å². The van der Waals surface area contributed by atoms with E-state index in [4.69, 9.17) is 9.72 Å². The van der Waals surface area contributed by atoms with Gasteiger partial charge in [-0.15, -0.1) is 0 Å². The number of para-hydroxylation sites is 2. The van der Waals surface area contributed by atoms with Crippen LogP contribution in [0.1, 0.15) is 30.3 Å². The van der Waals surface area contributed by atoms with Crippen molar-refractivity contribution < 1.29 is 9.53 Å². The molecule has 2 heterocycles. The van der Waals surface area contributed by atoms with Crippen LogP contribution in [0.3, 0.4) is 0 Å². The highest BCUT2D eigenvalue weighted by molar-refractivity contribution is 5.76. The molecule has 1 atom stereocenters. The van der Waals surface area contributed by atoms with Crippen LogP contribution in [-0.4, -0.2) is 42.7 Å². The van der Waals surface area contributed by atoms with Gasteiger partial charge in [0.25, 0.3) is 0 Å². The number of hydrogen-bond acceptors (Lipinski definition) is 4. The van der Waals surface area contributed by atoms with Gasteiger partial charge in [-0.1, -0.05) is 24.3 Å². The molecule has 1 aromatic heterocycles. The van der Waals surface area contributed by atoms with Gasteiger partial charge >= 0.3 is 6.03 Å². The number of rotatable bonds is 7. The number of carbonyl (C=O) groups is 1. The molecule has 4 rings (SSSR count). The average Bonchev–Trinajstić information content (AvgIpc) is 3.23. The Bertz CT molecular complexity index is 930. The summed E-state index contributed by atoms with van der Waals surface area (Å²) in [5.74, 6) is 2.10. The summed E-state index contributed by atoms with van der Waals surface area (Å²) in [5, 5.41) is 9.53. The van der Waals surface area contributed by atoms with Gasteiger partial charge in [-0.3, -0.25) is 0 Å². The highest BCUT2D eigenvalue weighted by atomic mass is 16.5. The van der Waals surface area contributed by atoms with Crippen LogP contribution >= 0.6 is 0 Å². The predicted molar refractivity (Wildman–Crippen MR) is 118 cm³/mol. The third-order valence-electron chi connectivity index (χ3n) is 5.65. The molecule has 0 saturated carbocycles. The number of hydrogen-bond donors (Lipinski definition) is 4. The normalized spacial score (nSPS) is 15.6. The number of benzene rings is 2.